The van der Waals surface area contributed by atoms with Crippen LogP contribution in [-0.4, -0.2) is 24.0 Å². The summed E-state index contributed by atoms with van der Waals surface area (Å²) in [7, 11) is -3.67. The topological polar surface area (TPSA) is 61.2 Å². The first kappa shape index (κ1) is 16.3. The van der Waals surface area contributed by atoms with Gasteiger partial charge in [0.25, 0.3) is 10.0 Å². The van der Waals surface area contributed by atoms with Gasteiger partial charge in [-0.2, -0.15) is 0 Å². The first-order valence-corrected chi connectivity index (χ1v) is 9.58. The highest BCUT2D eigenvalue weighted by molar-refractivity contribution is 14.1. The van der Waals surface area contributed by atoms with E-state index in [1.165, 1.54) is 3.97 Å². The molecule has 23 heavy (non-hydrogen) atoms. The Morgan fingerprint density at radius 2 is 1.87 bits per heavy atom. The Balaban J connectivity index is 2.19. The highest BCUT2D eigenvalue weighted by Gasteiger charge is 2.22. The molecule has 0 radical (unpaired) electrons. The number of hydrogen-bond donors (Lipinski definition) is 0. The third kappa shape index (κ3) is 2.94. The molecule has 1 aromatic carbocycles. The fourth-order valence-corrected chi connectivity index (χ4v) is 5.02. The van der Waals surface area contributed by atoms with Crippen LogP contribution in [-0.2, 0) is 10.0 Å². The van der Waals surface area contributed by atoms with Gasteiger partial charge in [-0.15, -0.1) is 0 Å². The van der Waals surface area contributed by atoms with Gasteiger partial charge in [-0.25, -0.2) is 17.4 Å². The van der Waals surface area contributed by atoms with Crippen molar-refractivity contribution in [1.82, 2.24) is 8.96 Å². The van der Waals surface area contributed by atoms with E-state index in [4.69, 9.17) is 4.74 Å². The highest BCUT2D eigenvalue weighted by atomic mass is 127. The van der Waals surface area contributed by atoms with Crippen molar-refractivity contribution in [2.75, 3.05) is 6.61 Å². The van der Waals surface area contributed by atoms with E-state index < -0.39 is 10.0 Å². The minimum atomic E-state index is -3.67. The summed E-state index contributed by atoms with van der Waals surface area (Å²) in [5.74, 6) is 0.487. The number of rotatable bonds is 4. The van der Waals surface area contributed by atoms with E-state index in [2.05, 4.69) is 4.98 Å². The molecule has 0 fully saturated rings. The molecule has 0 atom stereocenters. The minimum Gasteiger partial charge on any atom is -0.478 e. The van der Waals surface area contributed by atoms with Crippen LogP contribution < -0.4 is 4.74 Å². The Morgan fingerprint density at radius 3 is 2.52 bits per heavy atom. The smallest absolute Gasteiger partial charge is 0.269 e. The maximum Gasteiger partial charge on any atom is 0.269 e. The second kappa shape index (κ2) is 6.12. The lowest BCUT2D eigenvalue weighted by atomic mass is 10.2. The van der Waals surface area contributed by atoms with Crippen molar-refractivity contribution in [1.29, 1.82) is 0 Å². The second-order valence-electron chi connectivity index (χ2n) is 5.04. The van der Waals surface area contributed by atoms with E-state index in [-0.39, 0.29) is 4.90 Å². The maximum atomic E-state index is 13.0. The molecule has 0 bridgehead atoms. The Labute approximate surface area is 148 Å². The summed E-state index contributed by atoms with van der Waals surface area (Å²) in [5.41, 5.74) is 2.15. The Hall–Kier alpha value is -1.61. The van der Waals surface area contributed by atoms with Crippen molar-refractivity contribution in [3.63, 3.8) is 0 Å². The fourth-order valence-electron chi connectivity index (χ4n) is 2.30. The van der Waals surface area contributed by atoms with E-state index in [0.29, 0.717) is 27.2 Å². The lowest BCUT2D eigenvalue weighted by Crippen LogP contribution is -2.14. The summed E-state index contributed by atoms with van der Waals surface area (Å²) in [6.07, 6.45) is 0. The number of ether oxygens (including phenoxy) is 1. The lowest BCUT2D eigenvalue weighted by Gasteiger charge is -2.09. The summed E-state index contributed by atoms with van der Waals surface area (Å²) >= 11 is 2.01. The quantitative estimate of drug-likeness (QED) is 0.580. The van der Waals surface area contributed by atoms with Gasteiger partial charge >= 0.3 is 0 Å². The third-order valence-corrected chi connectivity index (χ3v) is 6.26. The van der Waals surface area contributed by atoms with Crippen LogP contribution in [0.5, 0.6) is 5.88 Å². The largest absolute Gasteiger partial charge is 0.478 e. The van der Waals surface area contributed by atoms with E-state index in [0.717, 1.165) is 5.56 Å². The monoisotopic (exact) mass is 442 g/mol. The minimum absolute atomic E-state index is 0.257. The van der Waals surface area contributed by atoms with Gasteiger partial charge in [-0.05, 0) is 60.7 Å². The molecule has 0 spiro atoms. The molecule has 2 heterocycles. The molecule has 5 nitrogen and oxygen atoms in total. The van der Waals surface area contributed by atoms with Crippen molar-refractivity contribution < 1.29 is 13.2 Å². The van der Waals surface area contributed by atoms with Crippen molar-refractivity contribution in [3.05, 3.63) is 51.7 Å². The average Bonchev–Trinajstić information content (AvgIpc) is 2.83. The number of halogens is 1. The van der Waals surface area contributed by atoms with Gasteiger partial charge in [0.2, 0.25) is 5.88 Å². The molecular formula is C16H15IN2O3S. The van der Waals surface area contributed by atoms with E-state index in [1.54, 1.807) is 42.5 Å². The van der Waals surface area contributed by atoms with Gasteiger partial charge in [0, 0.05) is 6.07 Å². The molecular weight excluding hydrogens is 427 g/mol. The number of nitrogens with zero attached hydrogens (tertiary/aromatic N) is 2. The van der Waals surface area contributed by atoms with E-state index >= 15 is 0 Å². The van der Waals surface area contributed by atoms with Crippen molar-refractivity contribution in [3.8, 4) is 5.88 Å². The van der Waals surface area contributed by atoms with E-state index in [1.807, 2.05) is 36.4 Å². The molecule has 0 aliphatic carbocycles. The number of benzene rings is 1. The maximum absolute atomic E-state index is 13.0. The predicted molar refractivity (Wildman–Crippen MR) is 97.4 cm³/mol. The summed E-state index contributed by atoms with van der Waals surface area (Å²) in [6, 6.07) is 12.0. The molecule has 0 saturated carbocycles. The number of aryl methyl sites for hydroxylation is 1. The predicted octanol–water partition coefficient (Wildman–Crippen LogP) is 3.59. The first-order chi connectivity index (χ1) is 10.9. The van der Waals surface area contributed by atoms with Crippen LogP contribution in [0.15, 0.2) is 47.4 Å². The van der Waals surface area contributed by atoms with Gasteiger partial charge in [-0.3, -0.25) is 0 Å². The SMILES string of the molecule is CCOc1ccc2c(cc(I)n2S(=O)(=O)c2ccc(C)cc2)n1. The van der Waals surface area contributed by atoms with Gasteiger partial charge in [0.05, 0.1) is 26.2 Å². The van der Waals surface area contributed by atoms with Crippen LogP contribution in [0.3, 0.4) is 0 Å². The third-order valence-electron chi connectivity index (χ3n) is 3.40. The summed E-state index contributed by atoms with van der Waals surface area (Å²) in [4.78, 5) is 4.61. The summed E-state index contributed by atoms with van der Waals surface area (Å²) in [5, 5.41) is 0. The summed E-state index contributed by atoms with van der Waals surface area (Å²) < 4.78 is 33.2. The standard InChI is InChI=1S/C16H15IN2O3S/c1-3-22-16-9-8-14-13(18-16)10-15(17)19(14)23(20,21)12-6-4-11(2)5-7-12/h4-10H,3H2,1-2H3. The Kier molecular flexibility index (Phi) is 4.33. The van der Waals surface area contributed by atoms with Gasteiger partial charge in [-0.1, -0.05) is 17.7 Å². The molecule has 3 aromatic rings. The van der Waals surface area contributed by atoms with Crippen molar-refractivity contribution in [2.45, 2.75) is 18.7 Å². The van der Waals surface area contributed by atoms with Crippen molar-refractivity contribution in [2.24, 2.45) is 0 Å². The van der Waals surface area contributed by atoms with Crippen LogP contribution in [0.25, 0.3) is 11.0 Å². The molecule has 3 rings (SSSR count). The van der Waals surface area contributed by atoms with Crippen LogP contribution in [0, 0.1) is 10.6 Å². The average molecular weight is 442 g/mol. The molecule has 0 N–H and O–H groups in total. The zero-order valence-corrected chi connectivity index (χ0v) is 15.6. The number of pyridine rings is 1. The molecule has 0 saturated heterocycles. The molecule has 0 unspecified atom stereocenters. The van der Waals surface area contributed by atoms with Crippen LogP contribution in [0.4, 0.5) is 0 Å². The highest BCUT2D eigenvalue weighted by Crippen LogP contribution is 2.27. The van der Waals surface area contributed by atoms with Crippen LogP contribution in [0.2, 0.25) is 0 Å². The Bertz CT molecular complexity index is 963. The van der Waals surface area contributed by atoms with Gasteiger partial charge in [0.1, 0.15) is 0 Å². The van der Waals surface area contributed by atoms with Gasteiger partial charge in [0.15, 0.2) is 0 Å². The first-order valence-electron chi connectivity index (χ1n) is 7.06. The lowest BCUT2D eigenvalue weighted by molar-refractivity contribution is 0.328. The second-order valence-corrected chi connectivity index (χ2v) is 7.93. The summed E-state index contributed by atoms with van der Waals surface area (Å²) in [6.45, 7) is 4.31. The number of aromatic nitrogens is 2. The number of hydrogen-bond acceptors (Lipinski definition) is 4. The fraction of sp³-hybridized carbons (Fsp3) is 0.188. The zero-order valence-electron chi connectivity index (χ0n) is 12.7. The van der Waals surface area contributed by atoms with Gasteiger partial charge < -0.3 is 4.74 Å². The molecule has 120 valence electrons. The zero-order chi connectivity index (χ0) is 16.6. The normalized spacial score (nSPS) is 11.8. The van der Waals surface area contributed by atoms with Crippen LogP contribution >= 0.6 is 22.6 Å². The molecule has 7 heteroatoms. The van der Waals surface area contributed by atoms with E-state index in [9.17, 15) is 8.42 Å². The van der Waals surface area contributed by atoms with Crippen molar-refractivity contribution >= 4 is 43.6 Å². The molecule has 2 aromatic heterocycles. The molecule has 0 aliphatic heterocycles. The molecule has 0 aliphatic rings. The Morgan fingerprint density at radius 1 is 1.17 bits per heavy atom. The van der Waals surface area contributed by atoms with Crippen LogP contribution in [0.1, 0.15) is 12.5 Å². The molecule has 0 amide bonds. The number of fused-ring (bicyclic) bond motifs is 1.